The van der Waals surface area contributed by atoms with Crippen LogP contribution in [0.3, 0.4) is 0 Å². The van der Waals surface area contributed by atoms with Gasteiger partial charge in [-0.15, -0.1) is 22.7 Å². The SMILES string of the molecule is O=C(c1nc2ccccc2s1)N1CCN(Cc2csc(-c3ccccc3)n2)CC1. The molecule has 5 rings (SSSR count). The van der Waals surface area contributed by atoms with Crippen molar-refractivity contribution in [2.75, 3.05) is 26.2 Å². The lowest BCUT2D eigenvalue weighted by molar-refractivity contribution is 0.0627. The van der Waals surface area contributed by atoms with Crippen molar-refractivity contribution >= 4 is 38.8 Å². The molecular formula is C22H20N4OS2. The van der Waals surface area contributed by atoms with Gasteiger partial charge in [0.05, 0.1) is 15.9 Å². The molecule has 5 nitrogen and oxygen atoms in total. The van der Waals surface area contributed by atoms with Crippen LogP contribution in [0, 0.1) is 0 Å². The summed E-state index contributed by atoms with van der Waals surface area (Å²) in [6.45, 7) is 3.99. The Hall–Kier alpha value is -2.61. The van der Waals surface area contributed by atoms with Gasteiger partial charge in [0.2, 0.25) is 0 Å². The van der Waals surface area contributed by atoms with Gasteiger partial charge in [-0.3, -0.25) is 9.69 Å². The summed E-state index contributed by atoms with van der Waals surface area (Å²) < 4.78 is 1.06. The van der Waals surface area contributed by atoms with E-state index in [-0.39, 0.29) is 5.91 Å². The Morgan fingerprint density at radius 1 is 0.931 bits per heavy atom. The van der Waals surface area contributed by atoms with Crippen LogP contribution in [-0.4, -0.2) is 51.9 Å². The highest BCUT2D eigenvalue weighted by Gasteiger charge is 2.24. The molecule has 146 valence electrons. The quantitative estimate of drug-likeness (QED) is 0.492. The lowest BCUT2D eigenvalue weighted by Crippen LogP contribution is -2.48. The third-order valence-electron chi connectivity index (χ3n) is 5.09. The first-order valence-corrected chi connectivity index (χ1v) is 11.3. The normalized spacial score (nSPS) is 15.1. The number of carbonyl (C=O) groups excluding carboxylic acids is 1. The minimum Gasteiger partial charge on any atom is -0.334 e. The maximum atomic E-state index is 12.8. The van der Waals surface area contributed by atoms with E-state index >= 15 is 0 Å². The monoisotopic (exact) mass is 420 g/mol. The molecule has 0 saturated carbocycles. The number of para-hydroxylation sites is 1. The van der Waals surface area contributed by atoms with Gasteiger partial charge in [-0.05, 0) is 12.1 Å². The lowest BCUT2D eigenvalue weighted by Gasteiger charge is -2.33. The van der Waals surface area contributed by atoms with Crippen LogP contribution in [0.15, 0.2) is 60.0 Å². The Morgan fingerprint density at radius 2 is 1.69 bits per heavy atom. The van der Waals surface area contributed by atoms with E-state index in [4.69, 9.17) is 4.98 Å². The number of amides is 1. The molecule has 1 aliphatic rings. The van der Waals surface area contributed by atoms with Crippen molar-refractivity contribution < 1.29 is 4.79 Å². The van der Waals surface area contributed by atoms with Gasteiger partial charge in [0.25, 0.3) is 5.91 Å². The molecule has 4 aromatic rings. The maximum absolute atomic E-state index is 12.8. The number of benzene rings is 2. The standard InChI is InChI=1S/C22H20N4OS2/c27-22(21-24-18-8-4-5-9-19(18)29-21)26-12-10-25(11-13-26)14-17-15-28-20(23-17)16-6-2-1-3-7-16/h1-9,15H,10-14H2. The lowest BCUT2D eigenvalue weighted by atomic mass is 10.2. The summed E-state index contributed by atoms with van der Waals surface area (Å²) in [7, 11) is 0. The molecule has 2 aromatic carbocycles. The zero-order valence-electron chi connectivity index (χ0n) is 15.8. The van der Waals surface area contributed by atoms with E-state index in [2.05, 4.69) is 27.4 Å². The highest BCUT2D eigenvalue weighted by molar-refractivity contribution is 7.20. The first kappa shape index (κ1) is 18.4. The summed E-state index contributed by atoms with van der Waals surface area (Å²) in [5.74, 6) is 0.0471. The zero-order valence-corrected chi connectivity index (χ0v) is 17.5. The number of piperazine rings is 1. The molecule has 2 aromatic heterocycles. The third kappa shape index (κ3) is 3.94. The Kier molecular flexibility index (Phi) is 5.10. The number of aromatic nitrogens is 2. The number of hydrogen-bond acceptors (Lipinski definition) is 6. The summed E-state index contributed by atoms with van der Waals surface area (Å²) >= 11 is 3.17. The predicted molar refractivity (Wildman–Crippen MR) is 118 cm³/mol. The maximum Gasteiger partial charge on any atom is 0.282 e. The average Bonchev–Trinajstić information content (AvgIpc) is 3.41. The van der Waals surface area contributed by atoms with Crippen LogP contribution in [0.1, 0.15) is 15.5 Å². The molecule has 1 fully saturated rings. The van der Waals surface area contributed by atoms with Crippen LogP contribution < -0.4 is 0 Å². The van der Waals surface area contributed by atoms with E-state index in [0.29, 0.717) is 5.01 Å². The van der Waals surface area contributed by atoms with Crippen LogP contribution in [0.25, 0.3) is 20.8 Å². The smallest absolute Gasteiger partial charge is 0.282 e. The van der Waals surface area contributed by atoms with E-state index in [1.54, 1.807) is 11.3 Å². The second kappa shape index (κ2) is 8.02. The summed E-state index contributed by atoms with van der Waals surface area (Å²) in [6, 6.07) is 18.2. The molecule has 1 amide bonds. The molecule has 0 bridgehead atoms. The van der Waals surface area contributed by atoms with Crippen LogP contribution in [0.2, 0.25) is 0 Å². The van der Waals surface area contributed by atoms with Crippen LogP contribution in [0.4, 0.5) is 0 Å². The Morgan fingerprint density at radius 3 is 2.48 bits per heavy atom. The van der Waals surface area contributed by atoms with Gasteiger partial charge in [0.1, 0.15) is 5.01 Å². The molecule has 29 heavy (non-hydrogen) atoms. The fourth-order valence-electron chi connectivity index (χ4n) is 3.53. The van der Waals surface area contributed by atoms with Crippen LogP contribution >= 0.6 is 22.7 Å². The first-order valence-electron chi connectivity index (χ1n) is 9.63. The molecule has 0 unspecified atom stereocenters. The second-order valence-corrected chi connectivity index (χ2v) is 8.95. The number of carbonyl (C=O) groups is 1. The first-order chi connectivity index (χ1) is 14.3. The van der Waals surface area contributed by atoms with Crippen molar-refractivity contribution in [3.8, 4) is 10.6 Å². The third-order valence-corrected chi connectivity index (χ3v) is 7.06. The summed E-state index contributed by atoms with van der Waals surface area (Å²) in [5, 5.41) is 3.79. The summed E-state index contributed by atoms with van der Waals surface area (Å²) in [5.41, 5.74) is 3.16. The molecule has 3 heterocycles. The van der Waals surface area contributed by atoms with Gasteiger partial charge in [0, 0.05) is 43.7 Å². The second-order valence-electron chi connectivity index (χ2n) is 7.07. The summed E-state index contributed by atoms with van der Waals surface area (Å²) in [6.07, 6.45) is 0. The van der Waals surface area contributed by atoms with Gasteiger partial charge in [-0.25, -0.2) is 9.97 Å². The highest BCUT2D eigenvalue weighted by Crippen LogP contribution is 2.25. The Bertz CT molecular complexity index is 1100. The van der Waals surface area contributed by atoms with Crippen molar-refractivity contribution in [3.05, 3.63) is 70.7 Å². The van der Waals surface area contributed by atoms with Crippen molar-refractivity contribution in [3.63, 3.8) is 0 Å². The zero-order chi connectivity index (χ0) is 19.6. The molecule has 0 N–H and O–H groups in total. The van der Waals surface area contributed by atoms with E-state index in [9.17, 15) is 4.79 Å². The fourth-order valence-corrected chi connectivity index (χ4v) is 5.28. The number of hydrogen-bond donors (Lipinski definition) is 0. The topological polar surface area (TPSA) is 49.3 Å². The number of fused-ring (bicyclic) bond motifs is 1. The highest BCUT2D eigenvalue weighted by atomic mass is 32.1. The van der Waals surface area contributed by atoms with Gasteiger partial charge in [-0.2, -0.15) is 0 Å². The summed E-state index contributed by atoms with van der Waals surface area (Å²) in [4.78, 5) is 26.4. The van der Waals surface area contributed by atoms with E-state index in [1.807, 2.05) is 47.4 Å². The van der Waals surface area contributed by atoms with E-state index < -0.39 is 0 Å². The molecule has 0 atom stereocenters. The van der Waals surface area contributed by atoms with E-state index in [0.717, 1.165) is 59.2 Å². The number of thiazole rings is 2. The average molecular weight is 421 g/mol. The van der Waals surface area contributed by atoms with Gasteiger partial charge >= 0.3 is 0 Å². The molecule has 1 saturated heterocycles. The minimum absolute atomic E-state index is 0.0471. The largest absolute Gasteiger partial charge is 0.334 e. The molecule has 0 radical (unpaired) electrons. The molecule has 1 aliphatic heterocycles. The fraction of sp³-hybridized carbons (Fsp3) is 0.227. The van der Waals surface area contributed by atoms with Gasteiger partial charge in [0.15, 0.2) is 5.01 Å². The molecule has 7 heteroatoms. The van der Waals surface area contributed by atoms with E-state index in [1.165, 1.54) is 11.3 Å². The molecular weight excluding hydrogens is 400 g/mol. The van der Waals surface area contributed by atoms with Crippen molar-refractivity contribution in [2.24, 2.45) is 0 Å². The van der Waals surface area contributed by atoms with Crippen LogP contribution in [-0.2, 0) is 6.54 Å². The molecule has 0 aliphatic carbocycles. The van der Waals surface area contributed by atoms with Gasteiger partial charge < -0.3 is 4.90 Å². The predicted octanol–water partition coefficient (Wildman–Crippen LogP) is 4.38. The van der Waals surface area contributed by atoms with Crippen molar-refractivity contribution in [2.45, 2.75) is 6.54 Å². The Balaban J connectivity index is 1.19. The Labute approximate surface area is 177 Å². The molecule has 0 spiro atoms. The van der Waals surface area contributed by atoms with Gasteiger partial charge in [-0.1, -0.05) is 42.5 Å². The van der Waals surface area contributed by atoms with Crippen molar-refractivity contribution in [1.29, 1.82) is 0 Å². The number of rotatable bonds is 4. The number of nitrogens with zero attached hydrogens (tertiary/aromatic N) is 4. The van der Waals surface area contributed by atoms with Crippen LogP contribution in [0.5, 0.6) is 0 Å². The minimum atomic E-state index is 0.0471. The van der Waals surface area contributed by atoms with Crippen molar-refractivity contribution in [1.82, 2.24) is 19.8 Å².